The van der Waals surface area contributed by atoms with Gasteiger partial charge in [0.25, 0.3) is 5.91 Å². The predicted molar refractivity (Wildman–Crippen MR) is 109 cm³/mol. The minimum Gasteiger partial charge on any atom is -0.403 e. The zero-order chi connectivity index (χ0) is 22.2. The third-order valence-electron chi connectivity index (χ3n) is 3.34. The molecule has 0 aliphatic carbocycles. The predicted octanol–water partition coefficient (Wildman–Crippen LogP) is 4.18. The molecule has 0 fully saturated rings. The molecule has 0 saturated heterocycles. The molecular weight excluding hydrogens is 430 g/mol. The molecular formula is C18H18Cl2F3N5O. The number of hydrogen-bond acceptors (Lipinski definition) is 3. The van der Waals surface area contributed by atoms with Gasteiger partial charge in [-0.3, -0.25) is 10.2 Å². The molecule has 1 aromatic rings. The van der Waals surface area contributed by atoms with Gasteiger partial charge in [-0.05, 0) is 37.3 Å². The zero-order valence-electron chi connectivity index (χ0n) is 15.1. The van der Waals surface area contributed by atoms with Gasteiger partial charge in [-0.1, -0.05) is 29.8 Å². The van der Waals surface area contributed by atoms with Crippen LogP contribution in [-0.4, -0.2) is 24.1 Å². The number of carbonyl (C=O) groups excluding carboxylic acids is 1. The van der Waals surface area contributed by atoms with Crippen LogP contribution in [0.4, 0.5) is 13.2 Å². The molecule has 156 valence electrons. The van der Waals surface area contributed by atoms with E-state index in [2.05, 4.69) is 22.2 Å². The average Bonchev–Trinajstić information content (AvgIpc) is 2.64. The third-order valence-corrected chi connectivity index (χ3v) is 3.81. The average molecular weight is 448 g/mol. The molecule has 1 aromatic carbocycles. The van der Waals surface area contributed by atoms with Crippen molar-refractivity contribution in [3.63, 3.8) is 0 Å². The number of amidine groups is 1. The first-order chi connectivity index (χ1) is 13.5. The molecule has 11 heteroatoms. The van der Waals surface area contributed by atoms with E-state index in [1.807, 2.05) is 0 Å². The smallest absolute Gasteiger partial charge is 0.403 e. The number of aliphatic imine (C=N–C) groups is 1. The molecule has 6 nitrogen and oxygen atoms in total. The van der Waals surface area contributed by atoms with Crippen molar-refractivity contribution in [2.24, 2.45) is 10.7 Å². The lowest BCUT2D eigenvalue weighted by molar-refractivity contribution is -0.137. The SMILES string of the molecule is C=C(/C=C\C(Cl)=C/N)N/C(=N\C=N)[C@H](C)NC(=O)c1cc(Cl)cc(C(F)(F)F)c1. The van der Waals surface area contributed by atoms with Crippen molar-refractivity contribution in [3.8, 4) is 0 Å². The second-order valence-electron chi connectivity index (χ2n) is 5.60. The standard InChI is InChI=1S/C18H18Cl2F3N5O/c1-10(3-4-14(19)8-24)27-16(26-9-25)11(2)28-17(29)12-5-13(18(21,22)23)7-15(20)6-12/h3-9,11H,1,24H2,2H3,(H,28,29)(H2,25,26,27)/b4-3-,14-8+/t11-/m0/s1. The van der Waals surface area contributed by atoms with Crippen LogP contribution in [0.15, 0.2) is 58.9 Å². The normalized spacial score (nSPS) is 13.9. The van der Waals surface area contributed by atoms with Crippen LogP contribution in [0.1, 0.15) is 22.8 Å². The highest BCUT2D eigenvalue weighted by molar-refractivity contribution is 6.31. The fourth-order valence-electron chi connectivity index (χ4n) is 2.00. The summed E-state index contributed by atoms with van der Waals surface area (Å²) in [4.78, 5) is 16.2. The first kappa shape index (κ1) is 24.3. The Morgan fingerprint density at radius 3 is 2.55 bits per heavy atom. The van der Waals surface area contributed by atoms with E-state index in [4.69, 9.17) is 34.3 Å². The molecule has 5 N–H and O–H groups in total. The van der Waals surface area contributed by atoms with E-state index in [-0.39, 0.29) is 21.5 Å². The molecule has 0 aromatic heterocycles. The fraction of sp³-hybridized carbons (Fsp3) is 0.167. The Hall–Kier alpha value is -2.78. The molecule has 0 unspecified atom stereocenters. The van der Waals surface area contributed by atoms with Gasteiger partial charge >= 0.3 is 6.18 Å². The van der Waals surface area contributed by atoms with Crippen LogP contribution in [0.5, 0.6) is 0 Å². The molecule has 1 atom stereocenters. The van der Waals surface area contributed by atoms with Gasteiger partial charge in [0.2, 0.25) is 0 Å². The van der Waals surface area contributed by atoms with Gasteiger partial charge in [-0.25, -0.2) is 4.99 Å². The molecule has 1 amide bonds. The van der Waals surface area contributed by atoms with Crippen molar-refractivity contribution >= 4 is 41.3 Å². The Morgan fingerprint density at radius 1 is 1.34 bits per heavy atom. The van der Waals surface area contributed by atoms with Crippen LogP contribution in [0.3, 0.4) is 0 Å². The number of hydrogen-bond donors (Lipinski definition) is 4. The van der Waals surface area contributed by atoms with Gasteiger partial charge in [0.1, 0.15) is 12.2 Å². The van der Waals surface area contributed by atoms with E-state index in [0.29, 0.717) is 11.8 Å². The molecule has 0 saturated carbocycles. The van der Waals surface area contributed by atoms with Crippen LogP contribution in [-0.2, 0) is 6.18 Å². The van der Waals surface area contributed by atoms with Gasteiger partial charge in [0.15, 0.2) is 0 Å². The molecule has 0 radical (unpaired) electrons. The number of benzene rings is 1. The maximum atomic E-state index is 12.9. The Balaban J connectivity index is 2.97. The Kier molecular flexibility index (Phi) is 8.93. The summed E-state index contributed by atoms with van der Waals surface area (Å²) in [6.07, 6.45) is 0.180. The van der Waals surface area contributed by atoms with Crippen LogP contribution >= 0.6 is 23.2 Å². The largest absolute Gasteiger partial charge is 0.416 e. The summed E-state index contributed by atoms with van der Waals surface area (Å²) in [6.45, 7) is 5.24. The maximum absolute atomic E-state index is 12.9. The monoisotopic (exact) mass is 447 g/mol. The van der Waals surface area contributed by atoms with Gasteiger partial charge < -0.3 is 16.4 Å². The highest BCUT2D eigenvalue weighted by Gasteiger charge is 2.32. The summed E-state index contributed by atoms with van der Waals surface area (Å²) in [5.74, 6) is -0.686. The number of alkyl halides is 3. The van der Waals surface area contributed by atoms with Gasteiger partial charge in [-0.2, -0.15) is 13.2 Å². The van der Waals surface area contributed by atoms with Crippen LogP contribution in [0, 0.1) is 5.41 Å². The van der Waals surface area contributed by atoms with Crippen molar-refractivity contribution < 1.29 is 18.0 Å². The lowest BCUT2D eigenvalue weighted by Gasteiger charge is -2.18. The summed E-state index contributed by atoms with van der Waals surface area (Å²) >= 11 is 11.4. The summed E-state index contributed by atoms with van der Waals surface area (Å²) in [5, 5.41) is 12.4. The molecule has 0 aliphatic rings. The highest BCUT2D eigenvalue weighted by Crippen LogP contribution is 2.31. The summed E-state index contributed by atoms with van der Waals surface area (Å²) in [5.41, 5.74) is 4.23. The van der Waals surface area contributed by atoms with E-state index in [9.17, 15) is 18.0 Å². The Labute approximate surface area is 175 Å². The number of rotatable bonds is 7. The van der Waals surface area contributed by atoms with E-state index in [1.165, 1.54) is 25.3 Å². The molecule has 0 bridgehead atoms. The molecule has 29 heavy (non-hydrogen) atoms. The van der Waals surface area contributed by atoms with Crippen molar-refractivity contribution in [3.05, 3.63) is 70.0 Å². The molecule has 0 heterocycles. The number of halogens is 5. The van der Waals surface area contributed by atoms with E-state index >= 15 is 0 Å². The van der Waals surface area contributed by atoms with Crippen LogP contribution in [0.2, 0.25) is 5.02 Å². The summed E-state index contributed by atoms with van der Waals surface area (Å²) in [6, 6.07) is 1.73. The Morgan fingerprint density at radius 2 is 2.00 bits per heavy atom. The molecule has 0 aliphatic heterocycles. The molecule has 1 rings (SSSR count). The first-order valence-corrected chi connectivity index (χ1v) is 8.70. The third kappa shape index (κ3) is 8.00. The lowest BCUT2D eigenvalue weighted by atomic mass is 10.1. The van der Waals surface area contributed by atoms with Crippen molar-refractivity contribution in [2.45, 2.75) is 19.1 Å². The number of carbonyl (C=O) groups is 1. The van der Waals surface area contributed by atoms with Crippen LogP contribution in [0.25, 0.3) is 0 Å². The van der Waals surface area contributed by atoms with Gasteiger partial charge in [0, 0.05) is 22.5 Å². The number of nitrogens with zero attached hydrogens (tertiary/aromatic N) is 1. The van der Waals surface area contributed by atoms with Crippen molar-refractivity contribution in [1.29, 1.82) is 5.41 Å². The number of amides is 1. The molecule has 0 spiro atoms. The maximum Gasteiger partial charge on any atom is 0.416 e. The number of nitrogens with one attached hydrogen (secondary N) is 3. The number of nitrogens with two attached hydrogens (primary N) is 1. The van der Waals surface area contributed by atoms with Crippen molar-refractivity contribution in [1.82, 2.24) is 10.6 Å². The highest BCUT2D eigenvalue weighted by atomic mass is 35.5. The van der Waals surface area contributed by atoms with Crippen molar-refractivity contribution in [2.75, 3.05) is 0 Å². The zero-order valence-corrected chi connectivity index (χ0v) is 16.7. The number of allylic oxidation sites excluding steroid dienone is 3. The minimum atomic E-state index is -4.65. The fourth-order valence-corrected chi connectivity index (χ4v) is 2.29. The lowest BCUT2D eigenvalue weighted by Crippen LogP contribution is -2.44. The Bertz CT molecular complexity index is 879. The van der Waals surface area contributed by atoms with E-state index in [1.54, 1.807) is 0 Å². The van der Waals surface area contributed by atoms with Crippen LogP contribution < -0.4 is 16.4 Å². The van der Waals surface area contributed by atoms with Gasteiger partial charge in [-0.15, -0.1) is 0 Å². The second-order valence-corrected chi connectivity index (χ2v) is 6.47. The quantitative estimate of drug-likeness (QED) is 0.286. The van der Waals surface area contributed by atoms with Gasteiger partial charge in [0.05, 0.1) is 16.6 Å². The van der Waals surface area contributed by atoms with E-state index in [0.717, 1.165) is 18.5 Å². The minimum absolute atomic E-state index is 0.119. The summed E-state index contributed by atoms with van der Waals surface area (Å²) < 4.78 is 38.8. The summed E-state index contributed by atoms with van der Waals surface area (Å²) in [7, 11) is 0. The first-order valence-electron chi connectivity index (χ1n) is 7.94. The van der Waals surface area contributed by atoms with E-state index < -0.39 is 23.7 Å². The topological polar surface area (TPSA) is 103 Å². The second kappa shape index (κ2) is 10.7.